The maximum atomic E-state index is 12.6. The maximum Gasteiger partial charge on any atom is 0.225 e. The van der Waals surface area contributed by atoms with E-state index in [9.17, 15) is 4.79 Å². The summed E-state index contributed by atoms with van der Waals surface area (Å²) in [5.41, 5.74) is 6.37. The third-order valence-corrected chi connectivity index (χ3v) is 5.31. The van der Waals surface area contributed by atoms with Gasteiger partial charge < -0.3 is 10.6 Å². The van der Waals surface area contributed by atoms with Crippen LogP contribution in [-0.4, -0.2) is 29.9 Å². The molecule has 19 heavy (non-hydrogen) atoms. The lowest BCUT2D eigenvalue weighted by molar-refractivity contribution is -0.136. The van der Waals surface area contributed by atoms with Crippen LogP contribution in [0.4, 0.5) is 0 Å². The van der Waals surface area contributed by atoms with Crippen molar-refractivity contribution in [3.8, 4) is 0 Å². The fourth-order valence-corrected chi connectivity index (χ4v) is 3.57. The van der Waals surface area contributed by atoms with Crippen LogP contribution in [0, 0.1) is 23.2 Å². The summed E-state index contributed by atoms with van der Waals surface area (Å²) < 4.78 is 0. The van der Waals surface area contributed by atoms with E-state index in [1.807, 2.05) is 0 Å². The molecule has 0 aromatic heterocycles. The first-order valence-corrected chi connectivity index (χ1v) is 7.83. The van der Waals surface area contributed by atoms with Crippen LogP contribution in [0.5, 0.6) is 0 Å². The Bertz CT molecular complexity index is 334. The van der Waals surface area contributed by atoms with E-state index in [1.54, 1.807) is 0 Å². The highest BCUT2D eigenvalue weighted by Crippen LogP contribution is 2.36. The van der Waals surface area contributed by atoms with Crippen molar-refractivity contribution in [2.24, 2.45) is 28.9 Å². The van der Waals surface area contributed by atoms with Gasteiger partial charge in [-0.05, 0) is 42.9 Å². The van der Waals surface area contributed by atoms with E-state index in [0.717, 1.165) is 38.8 Å². The summed E-state index contributed by atoms with van der Waals surface area (Å²) in [4.78, 5) is 14.7. The van der Waals surface area contributed by atoms with Crippen molar-refractivity contribution in [3.05, 3.63) is 0 Å². The molecular formula is C16H30N2O. The van der Waals surface area contributed by atoms with Gasteiger partial charge in [0.1, 0.15) is 0 Å². The Labute approximate surface area is 117 Å². The fourth-order valence-electron chi connectivity index (χ4n) is 3.57. The van der Waals surface area contributed by atoms with Gasteiger partial charge in [-0.25, -0.2) is 0 Å². The average Bonchev–Trinajstić information content (AvgIpc) is 2.81. The van der Waals surface area contributed by atoms with E-state index in [2.05, 4.69) is 32.6 Å². The second-order valence-corrected chi connectivity index (χ2v) is 7.79. The minimum atomic E-state index is 0.230. The first kappa shape index (κ1) is 14.8. The maximum absolute atomic E-state index is 12.6. The van der Waals surface area contributed by atoms with Crippen LogP contribution in [0.3, 0.4) is 0 Å². The van der Waals surface area contributed by atoms with Crippen LogP contribution in [0.2, 0.25) is 0 Å². The Hall–Kier alpha value is -0.570. The van der Waals surface area contributed by atoms with Crippen LogP contribution in [0.15, 0.2) is 0 Å². The number of rotatable bonds is 1. The number of carbonyl (C=O) groups excluding carboxylic acids is 1. The smallest absolute Gasteiger partial charge is 0.225 e. The Balaban J connectivity index is 1.91. The summed E-state index contributed by atoms with van der Waals surface area (Å²) in [7, 11) is 0. The zero-order valence-electron chi connectivity index (χ0n) is 13.0. The molecule has 0 radical (unpaired) electrons. The summed E-state index contributed by atoms with van der Waals surface area (Å²) in [6, 6.07) is 0.296. The molecule has 1 saturated carbocycles. The third kappa shape index (κ3) is 3.31. The van der Waals surface area contributed by atoms with Gasteiger partial charge in [0.15, 0.2) is 0 Å². The quantitative estimate of drug-likeness (QED) is 0.793. The predicted molar refractivity (Wildman–Crippen MR) is 78.6 cm³/mol. The third-order valence-electron chi connectivity index (χ3n) is 5.31. The van der Waals surface area contributed by atoms with Crippen molar-refractivity contribution in [1.82, 2.24) is 4.90 Å². The van der Waals surface area contributed by atoms with Crippen LogP contribution in [0.25, 0.3) is 0 Å². The lowest BCUT2D eigenvalue weighted by Gasteiger charge is -2.33. The number of hydrogen-bond donors (Lipinski definition) is 1. The zero-order chi connectivity index (χ0) is 14.2. The normalized spacial score (nSPS) is 36.6. The van der Waals surface area contributed by atoms with E-state index in [4.69, 9.17) is 5.73 Å². The molecule has 1 aliphatic heterocycles. The molecule has 4 unspecified atom stereocenters. The number of nitrogens with zero attached hydrogens (tertiary/aromatic N) is 1. The number of hydrogen-bond acceptors (Lipinski definition) is 2. The standard InChI is InChI=1S/C16H30N2O/c1-11-9-12(5-6-14(11)17)15(19)18-8-7-13(10-18)16(2,3)4/h11-14H,5-10,17H2,1-4H3. The van der Waals surface area contributed by atoms with Crippen molar-refractivity contribution in [2.75, 3.05) is 13.1 Å². The molecule has 2 N–H and O–H groups in total. The van der Waals surface area contributed by atoms with Crippen LogP contribution in [-0.2, 0) is 4.79 Å². The molecule has 1 heterocycles. The van der Waals surface area contributed by atoms with Crippen LogP contribution in [0.1, 0.15) is 53.4 Å². The van der Waals surface area contributed by atoms with Gasteiger partial charge in [0.25, 0.3) is 0 Å². The fraction of sp³-hybridized carbons (Fsp3) is 0.938. The van der Waals surface area contributed by atoms with Crippen molar-refractivity contribution in [3.63, 3.8) is 0 Å². The molecule has 0 aromatic carbocycles. The molecule has 1 amide bonds. The molecule has 2 fully saturated rings. The molecule has 4 atom stereocenters. The zero-order valence-corrected chi connectivity index (χ0v) is 13.0. The monoisotopic (exact) mass is 266 g/mol. The summed E-state index contributed by atoms with van der Waals surface area (Å²) in [6.07, 6.45) is 4.14. The van der Waals surface area contributed by atoms with Crippen LogP contribution < -0.4 is 5.73 Å². The minimum absolute atomic E-state index is 0.230. The summed E-state index contributed by atoms with van der Waals surface area (Å²) >= 11 is 0. The summed E-state index contributed by atoms with van der Waals surface area (Å²) in [5.74, 6) is 1.77. The first-order chi connectivity index (χ1) is 8.79. The van der Waals surface area contributed by atoms with Gasteiger partial charge in [-0.15, -0.1) is 0 Å². The van der Waals surface area contributed by atoms with Crippen LogP contribution >= 0.6 is 0 Å². The first-order valence-electron chi connectivity index (χ1n) is 7.83. The molecule has 3 heteroatoms. The van der Waals surface area contributed by atoms with Gasteiger partial charge in [-0.3, -0.25) is 4.79 Å². The van der Waals surface area contributed by atoms with Gasteiger partial charge in [0, 0.05) is 25.0 Å². The number of amides is 1. The highest BCUT2D eigenvalue weighted by atomic mass is 16.2. The Morgan fingerprint density at radius 1 is 1.21 bits per heavy atom. The summed E-state index contributed by atoms with van der Waals surface area (Å²) in [6.45, 7) is 11.0. The largest absolute Gasteiger partial charge is 0.342 e. The average molecular weight is 266 g/mol. The van der Waals surface area contributed by atoms with Crippen molar-refractivity contribution < 1.29 is 4.79 Å². The molecule has 0 bridgehead atoms. The Morgan fingerprint density at radius 2 is 1.89 bits per heavy atom. The molecule has 0 aromatic rings. The SMILES string of the molecule is CC1CC(C(=O)N2CCC(C(C)(C)C)C2)CCC1N. The number of nitrogens with two attached hydrogens (primary N) is 1. The lowest BCUT2D eigenvalue weighted by Crippen LogP contribution is -2.42. The summed E-state index contributed by atoms with van der Waals surface area (Å²) in [5, 5.41) is 0. The van der Waals surface area contributed by atoms with E-state index < -0.39 is 0 Å². The second kappa shape index (κ2) is 5.43. The van der Waals surface area contributed by atoms with Gasteiger partial charge >= 0.3 is 0 Å². The molecule has 1 saturated heterocycles. The van der Waals surface area contributed by atoms with Crippen molar-refractivity contribution >= 4 is 5.91 Å². The molecule has 1 aliphatic carbocycles. The topological polar surface area (TPSA) is 46.3 Å². The molecule has 0 spiro atoms. The molecular weight excluding hydrogens is 236 g/mol. The van der Waals surface area contributed by atoms with E-state index in [1.165, 1.54) is 0 Å². The lowest BCUT2D eigenvalue weighted by atomic mass is 9.78. The van der Waals surface area contributed by atoms with E-state index in [-0.39, 0.29) is 5.92 Å². The highest BCUT2D eigenvalue weighted by molar-refractivity contribution is 5.79. The molecule has 2 rings (SSSR count). The van der Waals surface area contributed by atoms with Crippen molar-refractivity contribution in [1.29, 1.82) is 0 Å². The van der Waals surface area contributed by atoms with E-state index >= 15 is 0 Å². The Morgan fingerprint density at radius 3 is 2.42 bits per heavy atom. The highest BCUT2D eigenvalue weighted by Gasteiger charge is 2.37. The molecule has 110 valence electrons. The van der Waals surface area contributed by atoms with Gasteiger partial charge in [-0.1, -0.05) is 27.7 Å². The van der Waals surface area contributed by atoms with Gasteiger partial charge in [-0.2, -0.15) is 0 Å². The number of likely N-dealkylation sites (tertiary alicyclic amines) is 1. The minimum Gasteiger partial charge on any atom is -0.342 e. The van der Waals surface area contributed by atoms with Gasteiger partial charge in [0.2, 0.25) is 5.91 Å². The predicted octanol–water partition coefficient (Wildman–Crippen LogP) is 2.64. The van der Waals surface area contributed by atoms with Gasteiger partial charge in [0.05, 0.1) is 0 Å². The molecule has 2 aliphatic rings. The van der Waals surface area contributed by atoms with E-state index in [0.29, 0.717) is 29.2 Å². The number of carbonyl (C=O) groups is 1. The second-order valence-electron chi connectivity index (χ2n) is 7.79. The molecule has 3 nitrogen and oxygen atoms in total. The van der Waals surface area contributed by atoms with Crippen molar-refractivity contribution in [2.45, 2.75) is 59.4 Å². The Kier molecular flexibility index (Phi) is 4.24.